The van der Waals surface area contributed by atoms with E-state index in [0.717, 1.165) is 60.9 Å². The molecule has 0 amide bonds. The predicted molar refractivity (Wildman–Crippen MR) is 130 cm³/mol. The van der Waals surface area contributed by atoms with E-state index in [1.54, 1.807) is 10.9 Å². The molecule has 1 fully saturated rings. The first-order chi connectivity index (χ1) is 14.3. The summed E-state index contributed by atoms with van der Waals surface area (Å²) in [7, 11) is 1.83. The maximum atomic E-state index is 4.60. The Morgan fingerprint density at radius 2 is 2.07 bits per heavy atom. The topological polar surface area (TPSA) is 87.4 Å². The molecule has 4 rings (SSSR count). The van der Waals surface area contributed by atoms with Crippen molar-refractivity contribution in [3.05, 3.63) is 48.2 Å². The molecule has 3 aromatic heterocycles. The van der Waals surface area contributed by atoms with Crippen molar-refractivity contribution in [1.29, 1.82) is 0 Å². The Morgan fingerprint density at radius 3 is 2.73 bits per heavy atom. The maximum absolute atomic E-state index is 4.60. The lowest BCUT2D eigenvalue weighted by atomic mass is 10.2. The normalized spacial score (nSPS) is 14.5. The fourth-order valence-corrected chi connectivity index (χ4v) is 4.04. The van der Waals surface area contributed by atoms with Crippen LogP contribution in [-0.4, -0.2) is 68.2 Å². The van der Waals surface area contributed by atoms with Gasteiger partial charge in [0.05, 0.1) is 0 Å². The van der Waals surface area contributed by atoms with E-state index in [4.69, 9.17) is 0 Å². The molecule has 0 bridgehead atoms. The van der Waals surface area contributed by atoms with Gasteiger partial charge in [0.1, 0.15) is 5.82 Å². The standard InChI is InChI=1S/C19H25N9S.HI/c1-3-16-24-19(29-25-16)27-11-9-26(10-12-27)18(20-2)22-14-15-5-7-21-17(13-15)28-8-4-6-23-28;/h4-8,13H,3,9-12,14H2,1-2H3,(H,20,22);1H. The Balaban J connectivity index is 0.00000256. The number of anilines is 1. The molecule has 0 unspecified atom stereocenters. The summed E-state index contributed by atoms with van der Waals surface area (Å²) in [5, 5.41) is 8.73. The molecule has 0 aromatic carbocycles. The molecule has 0 aliphatic carbocycles. The largest absolute Gasteiger partial charge is 0.352 e. The molecule has 3 aromatic rings. The molecule has 1 N–H and O–H groups in total. The van der Waals surface area contributed by atoms with Crippen LogP contribution in [0.15, 0.2) is 41.8 Å². The van der Waals surface area contributed by atoms with Crippen molar-refractivity contribution >= 4 is 46.6 Å². The van der Waals surface area contributed by atoms with Crippen molar-refractivity contribution in [3.63, 3.8) is 0 Å². The third-order valence-corrected chi connectivity index (χ3v) is 5.65. The van der Waals surface area contributed by atoms with E-state index in [1.165, 1.54) is 11.5 Å². The van der Waals surface area contributed by atoms with Crippen molar-refractivity contribution in [1.82, 2.24) is 34.3 Å². The van der Waals surface area contributed by atoms with Gasteiger partial charge in [0.15, 0.2) is 11.8 Å². The molecule has 11 heteroatoms. The predicted octanol–water partition coefficient (Wildman–Crippen LogP) is 2.20. The molecule has 1 aliphatic heterocycles. The molecule has 1 aliphatic rings. The van der Waals surface area contributed by atoms with Crippen LogP contribution in [0.5, 0.6) is 0 Å². The highest BCUT2D eigenvalue weighted by atomic mass is 127. The maximum Gasteiger partial charge on any atom is 0.205 e. The van der Waals surface area contributed by atoms with E-state index in [2.05, 4.69) is 46.5 Å². The zero-order valence-corrected chi connectivity index (χ0v) is 20.2. The van der Waals surface area contributed by atoms with Crippen LogP contribution in [0.2, 0.25) is 0 Å². The average Bonchev–Trinajstić information content (AvgIpc) is 3.47. The van der Waals surface area contributed by atoms with Gasteiger partial charge in [-0.15, -0.1) is 24.0 Å². The van der Waals surface area contributed by atoms with Crippen molar-refractivity contribution in [2.24, 2.45) is 4.99 Å². The molecule has 0 radical (unpaired) electrons. The van der Waals surface area contributed by atoms with Gasteiger partial charge in [-0.05, 0) is 23.8 Å². The summed E-state index contributed by atoms with van der Waals surface area (Å²) in [5.74, 6) is 2.65. The number of piperazine rings is 1. The van der Waals surface area contributed by atoms with Crippen molar-refractivity contribution < 1.29 is 0 Å². The molecule has 4 heterocycles. The zero-order chi connectivity index (χ0) is 20.1. The smallest absolute Gasteiger partial charge is 0.205 e. The summed E-state index contributed by atoms with van der Waals surface area (Å²) in [4.78, 5) is 18.0. The fraction of sp³-hybridized carbons (Fsp3) is 0.421. The monoisotopic (exact) mass is 539 g/mol. The van der Waals surface area contributed by atoms with Crippen LogP contribution in [0, 0.1) is 0 Å². The SMILES string of the molecule is CCc1nsc(N2CCN(C(=NC)NCc3ccnc(-n4cccn4)c3)CC2)n1.I. The summed E-state index contributed by atoms with van der Waals surface area (Å²) >= 11 is 1.49. The van der Waals surface area contributed by atoms with Crippen molar-refractivity contribution in [2.75, 3.05) is 38.1 Å². The number of aliphatic imine (C=N–C) groups is 1. The van der Waals surface area contributed by atoms with Crippen LogP contribution < -0.4 is 10.2 Å². The number of aromatic nitrogens is 5. The van der Waals surface area contributed by atoms with Crippen LogP contribution in [0.4, 0.5) is 5.13 Å². The Morgan fingerprint density at radius 1 is 1.23 bits per heavy atom. The third kappa shape index (κ3) is 5.25. The quantitative estimate of drug-likeness (QED) is 0.302. The van der Waals surface area contributed by atoms with Gasteiger partial charge >= 0.3 is 0 Å². The van der Waals surface area contributed by atoms with E-state index in [9.17, 15) is 0 Å². The van der Waals surface area contributed by atoms with Gasteiger partial charge in [-0.2, -0.15) is 9.47 Å². The Kier molecular flexibility index (Phi) is 7.96. The van der Waals surface area contributed by atoms with Gasteiger partial charge in [0.25, 0.3) is 0 Å². The lowest BCUT2D eigenvalue weighted by Crippen LogP contribution is -2.52. The van der Waals surface area contributed by atoms with Crippen molar-refractivity contribution in [2.45, 2.75) is 19.9 Å². The minimum absolute atomic E-state index is 0. The molecule has 160 valence electrons. The molecular weight excluding hydrogens is 513 g/mol. The van der Waals surface area contributed by atoms with Crippen molar-refractivity contribution in [3.8, 4) is 5.82 Å². The summed E-state index contributed by atoms with van der Waals surface area (Å²) in [6, 6.07) is 5.93. The van der Waals surface area contributed by atoms with Gasteiger partial charge in [0, 0.05) is 76.3 Å². The number of hydrogen-bond acceptors (Lipinski definition) is 7. The molecule has 1 saturated heterocycles. The van der Waals surface area contributed by atoms with E-state index < -0.39 is 0 Å². The van der Waals surface area contributed by atoms with Crippen LogP contribution >= 0.6 is 35.5 Å². The minimum atomic E-state index is 0. The van der Waals surface area contributed by atoms with Crippen LogP contribution in [-0.2, 0) is 13.0 Å². The van der Waals surface area contributed by atoms with E-state index in [1.807, 2.05) is 37.6 Å². The minimum Gasteiger partial charge on any atom is -0.352 e. The first-order valence-corrected chi connectivity index (χ1v) is 10.5. The Bertz CT molecular complexity index is 949. The highest BCUT2D eigenvalue weighted by Crippen LogP contribution is 2.19. The number of guanidine groups is 1. The number of nitrogens with zero attached hydrogens (tertiary/aromatic N) is 8. The van der Waals surface area contributed by atoms with Crippen LogP contribution in [0.1, 0.15) is 18.3 Å². The first kappa shape index (κ1) is 22.4. The molecule has 0 atom stereocenters. The van der Waals surface area contributed by atoms with E-state index in [-0.39, 0.29) is 24.0 Å². The van der Waals surface area contributed by atoms with Gasteiger partial charge in [0.2, 0.25) is 5.13 Å². The molecule has 30 heavy (non-hydrogen) atoms. The van der Waals surface area contributed by atoms with Crippen LogP contribution in [0.25, 0.3) is 5.82 Å². The highest BCUT2D eigenvalue weighted by Gasteiger charge is 2.22. The summed E-state index contributed by atoms with van der Waals surface area (Å²) in [6.07, 6.45) is 6.32. The number of aryl methyl sites for hydroxylation is 1. The number of hydrogen-bond donors (Lipinski definition) is 1. The summed E-state index contributed by atoms with van der Waals surface area (Å²) in [5.41, 5.74) is 1.13. The zero-order valence-electron chi connectivity index (χ0n) is 17.1. The molecular formula is C19H26IN9S. The molecule has 0 spiro atoms. The number of nitrogens with one attached hydrogen (secondary N) is 1. The first-order valence-electron chi connectivity index (χ1n) is 9.75. The second-order valence-electron chi connectivity index (χ2n) is 6.69. The summed E-state index contributed by atoms with van der Waals surface area (Å²) in [6.45, 7) is 6.39. The number of pyridine rings is 1. The second-order valence-corrected chi connectivity index (χ2v) is 7.42. The lowest BCUT2D eigenvalue weighted by molar-refractivity contribution is 0.372. The van der Waals surface area contributed by atoms with Gasteiger partial charge < -0.3 is 15.1 Å². The van der Waals surface area contributed by atoms with Gasteiger partial charge in [-0.3, -0.25) is 4.99 Å². The van der Waals surface area contributed by atoms with Crippen LogP contribution in [0.3, 0.4) is 0 Å². The highest BCUT2D eigenvalue weighted by molar-refractivity contribution is 14.0. The average molecular weight is 539 g/mol. The van der Waals surface area contributed by atoms with Gasteiger partial charge in [-0.1, -0.05) is 6.92 Å². The lowest BCUT2D eigenvalue weighted by Gasteiger charge is -2.36. The fourth-order valence-electron chi connectivity index (χ4n) is 3.24. The third-order valence-electron chi connectivity index (χ3n) is 4.83. The molecule has 0 saturated carbocycles. The van der Waals surface area contributed by atoms with E-state index >= 15 is 0 Å². The Hall–Kier alpha value is -2.28. The van der Waals surface area contributed by atoms with E-state index in [0.29, 0.717) is 6.54 Å². The summed E-state index contributed by atoms with van der Waals surface area (Å²) < 4.78 is 6.16. The second kappa shape index (κ2) is 10.7. The number of rotatable bonds is 5. The Labute approximate surface area is 197 Å². The number of halogens is 1. The molecule has 9 nitrogen and oxygen atoms in total. The van der Waals surface area contributed by atoms with Gasteiger partial charge in [-0.25, -0.2) is 14.6 Å².